The molecule has 52 heavy (non-hydrogen) atoms. The Kier molecular flexibility index (Phi) is 7.17. The Morgan fingerprint density at radius 3 is 1.94 bits per heavy atom. The number of benzene rings is 7. The van der Waals surface area contributed by atoms with Gasteiger partial charge >= 0.3 is 0 Å². The fraction of sp³-hybridized carbons (Fsp3) is 0.0612. The lowest BCUT2D eigenvalue weighted by atomic mass is 9.90. The lowest BCUT2D eigenvalue weighted by Crippen LogP contribution is -2.20. The molecule has 0 bridgehead atoms. The van der Waals surface area contributed by atoms with Gasteiger partial charge < -0.3 is 13.9 Å². The molecule has 0 spiro atoms. The van der Waals surface area contributed by atoms with Crippen LogP contribution < -0.4 is 4.90 Å². The third kappa shape index (κ3) is 4.97. The van der Waals surface area contributed by atoms with Crippen LogP contribution in [0, 0.1) is 0 Å². The highest BCUT2D eigenvalue weighted by atomic mass is 16.3. The van der Waals surface area contributed by atoms with Crippen molar-refractivity contribution in [2.24, 2.45) is 0 Å². The van der Waals surface area contributed by atoms with Crippen LogP contribution in [0.25, 0.3) is 66.8 Å². The molecule has 0 fully saturated rings. The highest BCUT2D eigenvalue weighted by Gasteiger charge is 2.29. The first-order chi connectivity index (χ1) is 25.7. The van der Waals surface area contributed by atoms with E-state index in [0.29, 0.717) is 0 Å². The molecule has 248 valence electrons. The summed E-state index contributed by atoms with van der Waals surface area (Å²) in [6.45, 7) is 2.29. The van der Waals surface area contributed by atoms with E-state index < -0.39 is 0 Å². The maximum absolute atomic E-state index is 6.91. The number of hydrogen-bond donors (Lipinski definition) is 0. The van der Waals surface area contributed by atoms with Crippen LogP contribution in [-0.4, -0.2) is 4.57 Å². The van der Waals surface area contributed by atoms with Crippen LogP contribution in [0.3, 0.4) is 0 Å². The number of furan rings is 1. The van der Waals surface area contributed by atoms with Gasteiger partial charge in [-0.15, -0.1) is 0 Å². The van der Waals surface area contributed by atoms with Crippen molar-refractivity contribution in [1.29, 1.82) is 0 Å². The zero-order valence-corrected chi connectivity index (χ0v) is 28.9. The summed E-state index contributed by atoms with van der Waals surface area (Å²) in [7, 11) is 0. The average Bonchev–Trinajstić information content (AvgIpc) is 3.75. The first kappa shape index (κ1) is 30.3. The van der Waals surface area contributed by atoms with Gasteiger partial charge in [-0.25, -0.2) is 0 Å². The largest absolute Gasteiger partial charge is 0.459 e. The molecule has 2 heterocycles. The van der Waals surface area contributed by atoms with E-state index >= 15 is 0 Å². The van der Waals surface area contributed by atoms with E-state index in [0.717, 1.165) is 51.3 Å². The number of fused-ring (bicyclic) bond motifs is 6. The summed E-state index contributed by atoms with van der Waals surface area (Å²) in [6, 6.07) is 63.0. The Hall–Kier alpha value is -6.58. The van der Waals surface area contributed by atoms with Crippen molar-refractivity contribution in [1.82, 2.24) is 4.57 Å². The minimum atomic E-state index is 0.202. The van der Waals surface area contributed by atoms with Crippen molar-refractivity contribution in [2.75, 3.05) is 4.90 Å². The summed E-state index contributed by atoms with van der Waals surface area (Å²) in [5, 5.41) is 3.64. The summed E-state index contributed by atoms with van der Waals surface area (Å²) in [4.78, 5) is 2.41. The van der Waals surface area contributed by atoms with E-state index in [1.165, 1.54) is 44.2 Å². The van der Waals surface area contributed by atoms with Gasteiger partial charge in [-0.2, -0.15) is 0 Å². The minimum Gasteiger partial charge on any atom is -0.459 e. The van der Waals surface area contributed by atoms with E-state index in [4.69, 9.17) is 4.42 Å². The lowest BCUT2D eigenvalue weighted by molar-refractivity contribution is 0.498. The first-order valence-electron chi connectivity index (χ1n) is 18.1. The van der Waals surface area contributed by atoms with Gasteiger partial charge in [0.15, 0.2) is 0 Å². The predicted molar refractivity (Wildman–Crippen MR) is 217 cm³/mol. The summed E-state index contributed by atoms with van der Waals surface area (Å²) >= 11 is 0. The highest BCUT2D eigenvalue weighted by Crippen LogP contribution is 2.46. The molecule has 0 N–H and O–H groups in total. The summed E-state index contributed by atoms with van der Waals surface area (Å²) in [5.74, 6) is 1.26. The predicted octanol–water partition coefficient (Wildman–Crippen LogP) is 13.6. The molecule has 10 rings (SSSR count). The summed E-state index contributed by atoms with van der Waals surface area (Å²) < 4.78 is 9.29. The molecule has 2 aromatic heterocycles. The molecule has 1 atom stereocenters. The number of anilines is 2. The topological polar surface area (TPSA) is 21.3 Å². The normalized spacial score (nSPS) is 14.1. The second kappa shape index (κ2) is 12.3. The number of allylic oxidation sites excluding steroid dienone is 1. The molecule has 1 aliphatic carbocycles. The maximum Gasteiger partial charge on any atom is 0.142 e. The van der Waals surface area contributed by atoms with Gasteiger partial charge in [-0.3, -0.25) is 0 Å². The van der Waals surface area contributed by atoms with Gasteiger partial charge in [0.25, 0.3) is 0 Å². The van der Waals surface area contributed by atoms with Crippen molar-refractivity contribution in [3.8, 4) is 27.9 Å². The monoisotopic (exact) mass is 668 g/mol. The molecule has 9 aromatic rings. The molecule has 7 aromatic carbocycles. The van der Waals surface area contributed by atoms with Crippen molar-refractivity contribution >= 4 is 50.2 Å². The molecule has 3 nitrogen and oxygen atoms in total. The van der Waals surface area contributed by atoms with Gasteiger partial charge in [0.2, 0.25) is 0 Å². The summed E-state index contributed by atoms with van der Waals surface area (Å²) in [6.07, 6.45) is 3.22. The van der Waals surface area contributed by atoms with E-state index in [9.17, 15) is 0 Å². The molecule has 0 amide bonds. The second-order valence-corrected chi connectivity index (χ2v) is 13.8. The molecule has 0 radical (unpaired) electrons. The van der Waals surface area contributed by atoms with E-state index in [-0.39, 0.29) is 5.92 Å². The Morgan fingerprint density at radius 2 is 1.15 bits per heavy atom. The second-order valence-electron chi connectivity index (χ2n) is 13.8. The van der Waals surface area contributed by atoms with Crippen LogP contribution >= 0.6 is 0 Å². The number of rotatable bonds is 6. The van der Waals surface area contributed by atoms with E-state index in [1.54, 1.807) is 0 Å². The van der Waals surface area contributed by atoms with Crippen LogP contribution in [0.15, 0.2) is 186 Å². The molecule has 0 saturated heterocycles. The Balaban J connectivity index is 1.11. The SMILES string of the molecule is CC1CC(N(c2ccccc2)c2ccc(-c3ccccc3)cc2)=Cc2c1oc1c(-c3ccc4c5ccccc5n(-c5ccccc5)c4c3)cccc21. The molecule has 3 heteroatoms. The maximum atomic E-state index is 6.91. The van der Waals surface area contributed by atoms with Crippen LogP contribution in [0.1, 0.15) is 30.6 Å². The molecule has 0 saturated carbocycles. The third-order valence-corrected chi connectivity index (χ3v) is 10.6. The summed E-state index contributed by atoms with van der Waals surface area (Å²) in [5.41, 5.74) is 13.9. The Labute approximate surface area is 303 Å². The van der Waals surface area contributed by atoms with Gasteiger partial charge in [-0.05, 0) is 77.7 Å². The van der Waals surface area contributed by atoms with Crippen molar-refractivity contribution in [2.45, 2.75) is 19.3 Å². The van der Waals surface area contributed by atoms with Crippen LogP contribution in [0.5, 0.6) is 0 Å². The van der Waals surface area contributed by atoms with Gasteiger partial charge in [-0.1, -0.05) is 134 Å². The quantitative estimate of drug-likeness (QED) is 0.176. The number of aromatic nitrogens is 1. The molecule has 0 aliphatic heterocycles. The number of para-hydroxylation sites is 4. The Bertz CT molecular complexity index is 2760. The average molecular weight is 669 g/mol. The zero-order chi connectivity index (χ0) is 34.6. The van der Waals surface area contributed by atoms with Crippen LogP contribution in [0.4, 0.5) is 11.4 Å². The smallest absolute Gasteiger partial charge is 0.142 e. The van der Waals surface area contributed by atoms with Gasteiger partial charge in [0.1, 0.15) is 11.3 Å². The standard InChI is InChI=1S/C49H36N2O/c1-33-30-40(50(37-16-7-3-8-17-37)39-27-24-35(25-28-39)34-14-5-2-6-15-34)32-45-44-22-13-21-41(49(44)52-48(33)45)36-26-29-43-42-20-11-12-23-46(42)51(47(43)31-36)38-18-9-4-10-19-38/h2-29,31-33H,30H2,1H3. The van der Waals surface area contributed by atoms with Crippen molar-refractivity contribution in [3.63, 3.8) is 0 Å². The van der Waals surface area contributed by atoms with E-state index in [2.05, 4.69) is 198 Å². The third-order valence-electron chi connectivity index (χ3n) is 10.6. The van der Waals surface area contributed by atoms with Crippen LogP contribution in [0.2, 0.25) is 0 Å². The fourth-order valence-corrected chi connectivity index (χ4v) is 8.17. The van der Waals surface area contributed by atoms with Gasteiger partial charge in [0.05, 0.1) is 11.0 Å². The minimum absolute atomic E-state index is 0.202. The molecular weight excluding hydrogens is 633 g/mol. The van der Waals surface area contributed by atoms with Crippen molar-refractivity contribution in [3.05, 3.63) is 193 Å². The van der Waals surface area contributed by atoms with Crippen molar-refractivity contribution < 1.29 is 4.42 Å². The molecule has 1 unspecified atom stereocenters. The first-order valence-corrected chi connectivity index (χ1v) is 18.1. The van der Waals surface area contributed by atoms with E-state index in [1.807, 2.05) is 0 Å². The highest BCUT2D eigenvalue weighted by molar-refractivity contribution is 6.11. The lowest BCUT2D eigenvalue weighted by Gasteiger charge is -2.31. The fourth-order valence-electron chi connectivity index (χ4n) is 8.17. The zero-order valence-electron chi connectivity index (χ0n) is 28.9. The number of hydrogen-bond acceptors (Lipinski definition) is 2. The molecule has 1 aliphatic rings. The Morgan fingerprint density at radius 1 is 0.538 bits per heavy atom. The number of nitrogens with zero attached hydrogens (tertiary/aromatic N) is 2. The molecular formula is C49H36N2O. The van der Waals surface area contributed by atoms with Crippen LogP contribution in [-0.2, 0) is 0 Å². The van der Waals surface area contributed by atoms with Gasteiger partial charge in [0, 0.05) is 56.0 Å².